The number of carbonyl (C=O) groups is 1. The Labute approximate surface area is 94.0 Å². The number of Topliss-reactive ketones (excluding diaryl/α,β-unsaturated/α-hetero) is 1. The van der Waals surface area contributed by atoms with Crippen LogP contribution in [0.5, 0.6) is 0 Å². The van der Waals surface area contributed by atoms with Gasteiger partial charge in [0.15, 0.2) is 5.78 Å². The molecule has 0 saturated carbocycles. The lowest BCUT2D eigenvalue weighted by atomic mass is 9.86. The fourth-order valence-electron chi connectivity index (χ4n) is 1.84. The molecule has 0 heterocycles. The van der Waals surface area contributed by atoms with Crippen molar-refractivity contribution < 1.29 is 9.90 Å². The molecule has 3 heteroatoms. The van der Waals surface area contributed by atoms with Crippen molar-refractivity contribution in [1.82, 2.24) is 0 Å². The first-order valence-corrected chi connectivity index (χ1v) is 5.32. The van der Waals surface area contributed by atoms with Gasteiger partial charge in [-0.25, -0.2) is 0 Å². The summed E-state index contributed by atoms with van der Waals surface area (Å²) >= 11 is 3.98. The van der Waals surface area contributed by atoms with Crippen LogP contribution in [-0.2, 0) is 4.79 Å². The standard InChI is InChI=1S/C12H12O2S/c13-10-6-9(7-11(14)12(10)15)8-4-2-1-3-5-8/h1-5,9,13,15H,6-7H2. The molecular formula is C12H12O2S. The molecule has 0 aromatic heterocycles. The van der Waals surface area contributed by atoms with Gasteiger partial charge in [-0.3, -0.25) is 4.79 Å². The number of ketones is 1. The van der Waals surface area contributed by atoms with E-state index >= 15 is 0 Å². The summed E-state index contributed by atoms with van der Waals surface area (Å²) in [5.74, 6) is 0.133. The van der Waals surface area contributed by atoms with E-state index in [2.05, 4.69) is 12.6 Å². The predicted octanol–water partition coefficient (Wildman–Crippen LogP) is 2.83. The first-order valence-electron chi connectivity index (χ1n) is 4.87. The van der Waals surface area contributed by atoms with Crippen LogP contribution in [0.2, 0.25) is 0 Å². The lowest BCUT2D eigenvalue weighted by Gasteiger charge is -2.21. The molecule has 1 aliphatic carbocycles. The Morgan fingerprint density at radius 3 is 2.47 bits per heavy atom. The molecule has 0 amide bonds. The number of thiol groups is 1. The lowest BCUT2D eigenvalue weighted by molar-refractivity contribution is -0.115. The quantitative estimate of drug-likeness (QED) is 0.714. The molecule has 2 nitrogen and oxygen atoms in total. The van der Waals surface area contributed by atoms with Crippen molar-refractivity contribution >= 4 is 18.4 Å². The average molecular weight is 220 g/mol. The van der Waals surface area contributed by atoms with E-state index in [9.17, 15) is 9.90 Å². The third-order valence-corrected chi connectivity index (χ3v) is 3.19. The van der Waals surface area contributed by atoms with E-state index in [1.807, 2.05) is 30.3 Å². The summed E-state index contributed by atoms with van der Waals surface area (Å²) in [4.78, 5) is 11.7. The lowest BCUT2D eigenvalue weighted by Crippen LogP contribution is -2.15. The minimum atomic E-state index is -0.0732. The Morgan fingerprint density at radius 2 is 1.87 bits per heavy atom. The number of carbonyl (C=O) groups excluding carboxylic acids is 1. The first kappa shape index (κ1) is 10.3. The zero-order valence-electron chi connectivity index (χ0n) is 8.18. The SMILES string of the molecule is O=C1CC(c2ccccc2)CC(O)=C1S. The van der Waals surface area contributed by atoms with Gasteiger partial charge >= 0.3 is 0 Å². The van der Waals surface area contributed by atoms with Gasteiger partial charge in [-0.05, 0) is 11.5 Å². The van der Waals surface area contributed by atoms with Crippen molar-refractivity contribution in [3.8, 4) is 0 Å². The summed E-state index contributed by atoms with van der Waals surface area (Å²) in [5.41, 5.74) is 1.10. The van der Waals surface area contributed by atoms with Gasteiger partial charge < -0.3 is 5.11 Å². The number of rotatable bonds is 1. The Kier molecular flexibility index (Phi) is 2.82. The Morgan fingerprint density at radius 1 is 1.20 bits per heavy atom. The predicted molar refractivity (Wildman–Crippen MR) is 62.1 cm³/mol. The molecular weight excluding hydrogens is 208 g/mol. The minimum Gasteiger partial charge on any atom is -0.511 e. The molecule has 1 unspecified atom stereocenters. The maximum Gasteiger partial charge on any atom is 0.172 e. The summed E-state index contributed by atoms with van der Waals surface area (Å²) in [6, 6.07) is 9.78. The molecule has 0 fully saturated rings. The molecule has 0 radical (unpaired) electrons. The molecule has 0 saturated heterocycles. The molecule has 0 aliphatic heterocycles. The molecule has 78 valence electrons. The first-order chi connectivity index (χ1) is 7.18. The van der Waals surface area contributed by atoms with Crippen LogP contribution < -0.4 is 0 Å². The molecule has 1 aromatic carbocycles. The van der Waals surface area contributed by atoms with Crippen LogP contribution >= 0.6 is 12.6 Å². The number of hydrogen-bond acceptors (Lipinski definition) is 3. The summed E-state index contributed by atoms with van der Waals surface area (Å²) < 4.78 is 0. The Hall–Kier alpha value is -1.22. The summed E-state index contributed by atoms with van der Waals surface area (Å²) in [5, 5.41) is 9.56. The molecule has 1 atom stereocenters. The number of aliphatic hydroxyl groups excluding tert-OH is 1. The summed E-state index contributed by atoms with van der Waals surface area (Å²) in [6.45, 7) is 0. The molecule has 1 N–H and O–H groups in total. The van der Waals surface area contributed by atoms with E-state index in [-0.39, 0.29) is 22.4 Å². The topological polar surface area (TPSA) is 37.3 Å². The van der Waals surface area contributed by atoms with E-state index in [1.165, 1.54) is 0 Å². The van der Waals surface area contributed by atoms with E-state index < -0.39 is 0 Å². The van der Waals surface area contributed by atoms with E-state index in [0.717, 1.165) is 5.56 Å². The minimum absolute atomic E-state index is 0.0732. The van der Waals surface area contributed by atoms with Crippen LogP contribution in [0.1, 0.15) is 24.3 Å². The van der Waals surface area contributed by atoms with E-state index in [4.69, 9.17) is 0 Å². The maximum atomic E-state index is 11.5. The Balaban J connectivity index is 2.26. The van der Waals surface area contributed by atoms with Gasteiger partial charge in [0, 0.05) is 12.8 Å². The highest BCUT2D eigenvalue weighted by Gasteiger charge is 2.26. The van der Waals surface area contributed by atoms with Crippen molar-refractivity contribution in [1.29, 1.82) is 0 Å². The van der Waals surface area contributed by atoms with Gasteiger partial charge in [0.2, 0.25) is 0 Å². The number of benzene rings is 1. The van der Waals surface area contributed by atoms with Gasteiger partial charge in [0.1, 0.15) is 5.76 Å². The van der Waals surface area contributed by atoms with Crippen molar-refractivity contribution in [2.24, 2.45) is 0 Å². The molecule has 0 bridgehead atoms. The summed E-state index contributed by atoms with van der Waals surface area (Å²) in [6.07, 6.45) is 0.946. The van der Waals surface area contributed by atoms with Crippen molar-refractivity contribution in [2.45, 2.75) is 18.8 Å². The van der Waals surface area contributed by atoms with Crippen LogP contribution in [0.15, 0.2) is 41.0 Å². The molecule has 1 aromatic rings. The smallest absolute Gasteiger partial charge is 0.172 e. The molecule has 2 rings (SSSR count). The fraction of sp³-hybridized carbons (Fsp3) is 0.250. The number of hydrogen-bond donors (Lipinski definition) is 2. The second-order valence-electron chi connectivity index (χ2n) is 3.73. The van der Waals surface area contributed by atoms with Crippen molar-refractivity contribution in [3.63, 3.8) is 0 Å². The van der Waals surface area contributed by atoms with Crippen LogP contribution in [0.3, 0.4) is 0 Å². The average Bonchev–Trinajstić information content (AvgIpc) is 2.26. The molecule has 15 heavy (non-hydrogen) atoms. The zero-order chi connectivity index (χ0) is 10.8. The van der Waals surface area contributed by atoms with Crippen LogP contribution in [0, 0.1) is 0 Å². The Bertz CT molecular complexity index is 409. The van der Waals surface area contributed by atoms with Crippen LogP contribution in [0.4, 0.5) is 0 Å². The van der Waals surface area contributed by atoms with Crippen molar-refractivity contribution in [2.75, 3.05) is 0 Å². The van der Waals surface area contributed by atoms with Gasteiger partial charge in [0.25, 0.3) is 0 Å². The van der Waals surface area contributed by atoms with Gasteiger partial charge in [0.05, 0.1) is 4.91 Å². The highest BCUT2D eigenvalue weighted by Crippen LogP contribution is 2.34. The fourth-order valence-corrected chi connectivity index (χ4v) is 2.03. The second-order valence-corrected chi connectivity index (χ2v) is 4.18. The monoisotopic (exact) mass is 220 g/mol. The van der Waals surface area contributed by atoms with E-state index in [1.54, 1.807) is 0 Å². The number of allylic oxidation sites excluding steroid dienone is 2. The second kappa shape index (κ2) is 4.11. The van der Waals surface area contributed by atoms with E-state index in [0.29, 0.717) is 12.8 Å². The van der Waals surface area contributed by atoms with Crippen LogP contribution in [0.25, 0.3) is 0 Å². The highest BCUT2D eigenvalue weighted by atomic mass is 32.1. The molecule has 0 spiro atoms. The van der Waals surface area contributed by atoms with Gasteiger partial charge in [-0.2, -0.15) is 0 Å². The van der Waals surface area contributed by atoms with Gasteiger partial charge in [-0.1, -0.05) is 30.3 Å². The summed E-state index contributed by atoms with van der Waals surface area (Å²) in [7, 11) is 0. The van der Waals surface area contributed by atoms with Crippen molar-refractivity contribution in [3.05, 3.63) is 46.6 Å². The van der Waals surface area contributed by atoms with Gasteiger partial charge in [-0.15, -0.1) is 12.6 Å². The third-order valence-electron chi connectivity index (χ3n) is 2.68. The maximum absolute atomic E-state index is 11.5. The largest absolute Gasteiger partial charge is 0.511 e. The van der Waals surface area contributed by atoms with Crippen LogP contribution in [-0.4, -0.2) is 10.9 Å². The number of aliphatic hydroxyl groups is 1. The normalized spacial score (nSPS) is 21.9. The molecule has 1 aliphatic rings. The highest BCUT2D eigenvalue weighted by molar-refractivity contribution is 7.85. The zero-order valence-corrected chi connectivity index (χ0v) is 9.08. The third kappa shape index (κ3) is 2.07.